The van der Waals surface area contributed by atoms with Crippen LogP contribution in [0.1, 0.15) is 6.92 Å². The van der Waals surface area contributed by atoms with E-state index in [1.165, 1.54) is 7.05 Å². The fourth-order valence-corrected chi connectivity index (χ4v) is 2.61. The second-order valence-corrected chi connectivity index (χ2v) is 5.47. The fraction of sp³-hybridized carbons (Fsp3) is 0.500. The number of methoxy groups -OCH3 is 1. The second-order valence-electron chi connectivity index (χ2n) is 5.47. The molecule has 1 aliphatic heterocycles. The van der Waals surface area contributed by atoms with E-state index < -0.39 is 6.03 Å². The molecule has 1 aromatic carbocycles. The Kier molecular flexibility index (Phi) is 5.81. The Balaban J connectivity index is 1.87. The fourth-order valence-electron chi connectivity index (χ4n) is 2.61. The zero-order valence-corrected chi connectivity index (χ0v) is 13.8. The largest absolute Gasteiger partial charge is 0.497 e. The van der Waals surface area contributed by atoms with Crippen LogP contribution in [0.5, 0.6) is 5.75 Å². The van der Waals surface area contributed by atoms with Gasteiger partial charge in [0.2, 0.25) is 5.91 Å². The molecule has 0 bridgehead atoms. The lowest BCUT2D eigenvalue weighted by Crippen LogP contribution is -2.55. The van der Waals surface area contributed by atoms with Gasteiger partial charge in [-0.25, -0.2) is 4.79 Å². The maximum absolute atomic E-state index is 12.0. The summed E-state index contributed by atoms with van der Waals surface area (Å²) in [4.78, 5) is 27.6. The Labute approximate surface area is 136 Å². The molecule has 1 heterocycles. The number of ether oxygens (including phenoxy) is 1. The molecule has 1 unspecified atom stereocenters. The van der Waals surface area contributed by atoms with Crippen LogP contribution in [0.25, 0.3) is 0 Å². The average Bonchev–Trinajstić information content (AvgIpc) is 2.61. The number of hydrogen-bond donors (Lipinski definition) is 2. The van der Waals surface area contributed by atoms with Crippen LogP contribution in [0.3, 0.4) is 0 Å². The van der Waals surface area contributed by atoms with E-state index in [1.54, 1.807) is 7.11 Å². The number of imide groups is 1. The maximum Gasteiger partial charge on any atom is 0.321 e. The average molecular weight is 320 g/mol. The molecular formula is C16H24N4O3. The van der Waals surface area contributed by atoms with Crippen molar-refractivity contribution in [2.75, 3.05) is 45.2 Å². The normalized spacial score (nSPS) is 16.6. The highest BCUT2D eigenvalue weighted by atomic mass is 16.5. The summed E-state index contributed by atoms with van der Waals surface area (Å²) < 4.78 is 5.17. The predicted molar refractivity (Wildman–Crippen MR) is 88.8 cm³/mol. The summed E-state index contributed by atoms with van der Waals surface area (Å²) in [6, 6.07) is 7.17. The molecule has 1 atom stereocenters. The highest BCUT2D eigenvalue weighted by Gasteiger charge is 2.26. The summed E-state index contributed by atoms with van der Waals surface area (Å²) in [5.74, 6) is 0.564. The van der Waals surface area contributed by atoms with Gasteiger partial charge in [0.25, 0.3) is 0 Å². The van der Waals surface area contributed by atoms with E-state index >= 15 is 0 Å². The molecule has 23 heavy (non-hydrogen) atoms. The first kappa shape index (κ1) is 17.1. The van der Waals surface area contributed by atoms with Crippen molar-refractivity contribution in [2.24, 2.45) is 0 Å². The summed E-state index contributed by atoms with van der Waals surface area (Å²) >= 11 is 0. The number of amides is 3. The number of nitrogens with one attached hydrogen (secondary N) is 2. The number of carbonyl (C=O) groups excluding carboxylic acids is 2. The van der Waals surface area contributed by atoms with Crippen molar-refractivity contribution in [1.29, 1.82) is 0 Å². The van der Waals surface area contributed by atoms with Crippen molar-refractivity contribution >= 4 is 17.6 Å². The lowest BCUT2D eigenvalue weighted by molar-refractivity contribution is -0.124. The molecule has 7 nitrogen and oxygen atoms in total. The van der Waals surface area contributed by atoms with Gasteiger partial charge < -0.3 is 15.0 Å². The molecule has 1 aromatic rings. The molecule has 0 radical (unpaired) electrons. The van der Waals surface area contributed by atoms with Crippen molar-refractivity contribution in [1.82, 2.24) is 15.5 Å². The van der Waals surface area contributed by atoms with E-state index in [4.69, 9.17) is 4.74 Å². The van der Waals surface area contributed by atoms with Crippen LogP contribution >= 0.6 is 0 Å². The van der Waals surface area contributed by atoms with E-state index in [-0.39, 0.29) is 11.9 Å². The zero-order valence-electron chi connectivity index (χ0n) is 13.8. The standard InChI is InChI=1S/C16H24N4O3/c1-12(15(21)18-16(22)17-2)19-8-10-20(11-9-19)13-4-6-14(23-3)7-5-13/h4-7,12H,8-11H2,1-3H3,(H2,17,18,21,22). The Morgan fingerprint density at radius 3 is 2.26 bits per heavy atom. The van der Waals surface area contributed by atoms with Crippen LogP contribution in [0, 0.1) is 0 Å². The van der Waals surface area contributed by atoms with Crippen LogP contribution in [-0.2, 0) is 4.79 Å². The minimum absolute atomic E-state index is 0.276. The van der Waals surface area contributed by atoms with Gasteiger partial charge in [-0.05, 0) is 31.2 Å². The summed E-state index contributed by atoms with van der Waals surface area (Å²) in [6.45, 7) is 5.04. The Bertz CT molecular complexity index is 539. The lowest BCUT2D eigenvalue weighted by atomic mass is 10.2. The summed E-state index contributed by atoms with van der Waals surface area (Å²) in [5.41, 5.74) is 1.15. The first-order valence-corrected chi connectivity index (χ1v) is 7.70. The molecular weight excluding hydrogens is 296 g/mol. The Morgan fingerprint density at radius 1 is 1.13 bits per heavy atom. The number of urea groups is 1. The number of hydrogen-bond acceptors (Lipinski definition) is 5. The van der Waals surface area contributed by atoms with E-state index in [9.17, 15) is 9.59 Å². The van der Waals surface area contributed by atoms with Crippen LogP contribution in [0.2, 0.25) is 0 Å². The van der Waals surface area contributed by atoms with Crippen molar-refractivity contribution in [3.8, 4) is 5.75 Å². The first-order valence-electron chi connectivity index (χ1n) is 7.70. The maximum atomic E-state index is 12.0. The summed E-state index contributed by atoms with van der Waals surface area (Å²) in [7, 11) is 3.14. The number of anilines is 1. The summed E-state index contributed by atoms with van der Waals surface area (Å²) in [5, 5.41) is 4.71. The van der Waals surface area contributed by atoms with Crippen molar-refractivity contribution in [3.05, 3.63) is 24.3 Å². The van der Waals surface area contributed by atoms with Gasteiger partial charge in [0.05, 0.1) is 13.2 Å². The third-order valence-corrected chi connectivity index (χ3v) is 4.14. The highest BCUT2D eigenvalue weighted by Crippen LogP contribution is 2.21. The molecule has 2 rings (SSSR count). The zero-order chi connectivity index (χ0) is 16.8. The van der Waals surface area contributed by atoms with E-state index in [0.29, 0.717) is 0 Å². The van der Waals surface area contributed by atoms with Crippen molar-refractivity contribution in [3.63, 3.8) is 0 Å². The number of benzene rings is 1. The van der Waals surface area contributed by atoms with Gasteiger partial charge in [-0.15, -0.1) is 0 Å². The van der Waals surface area contributed by atoms with E-state index in [1.807, 2.05) is 31.2 Å². The predicted octanol–water partition coefficient (Wildman–Crippen LogP) is 0.661. The number of rotatable bonds is 4. The van der Waals surface area contributed by atoms with Crippen LogP contribution in [0.15, 0.2) is 24.3 Å². The van der Waals surface area contributed by atoms with Gasteiger partial charge >= 0.3 is 6.03 Å². The van der Waals surface area contributed by atoms with Gasteiger partial charge in [-0.2, -0.15) is 0 Å². The van der Waals surface area contributed by atoms with E-state index in [0.717, 1.165) is 37.6 Å². The molecule has 1 fully saturated rings. The van der Waals surface area contributed by atoms with Gasteiger partial charge in [-0.1, -0.05) is 0 Å². The monoisotopic (exact) mass is 320 g/mol. The minimum atomic E-state index is -0.473. The number of carbonyl (C=O) groups is 2. The van der Waals surface area contributed by atoms with Gasteiger partial charge in [0, 0.05) is 38.9 Å². The Morgan fingerprint density at radius 2 is 1.74 bits per heavy atom. The molecule has 126 valence electrons. The molecule has 2 N–H and O–H groups in total. The second kappa shape index (κ2) is 7.82. The van der Waals surface area contributed by atoms with Gasteiger partial charge in [0.1, 0.15) is 5.75 Å². The SMILES string of the molecule is CNC(=O)NC(=O)C(C)N1CCN(c2ccc(OC)cc2)CC1. The highest BCUT2D eigenvalue weighted by molar-refractivity contribution is 5.96. The summed E-state index contributed by atoms with van der Waals surface area (Å²) in [6.07, 6.45) is 0. The first-order chi connectivity index (χ1) is 11.0. The molecule has 1 aliphatic rings. The Hall–Kier alpha value is -2.28. The molecule has 0 aliphatic carbocycles. The molecule has 3 amide bonds. The minimum Gasteiger partial charge on any atom is -0.497 e. The quantitative estimate of drug-likeness (QED) is 0.853. The van der Waals surface area contributed by atoms with Crippen LogP contribution in [0.4, 0.5) is 10.5 Å². The molecule has 0 aromatic heterocycles. The number of nitrogens with zero attached hydrogens (tertiary/aromatic N) is 2. The molecule has 0 saturated carbocycles. The van der Waals surface area contributed by atoms with Crippen molar-refractivity contribution in [2.45, 2.75) is 13.0 Å². The molecule has 7 heteroatoms. The van der Waals surface area contributed by atoms with Gasteiger partial charge in [0.15, 0.2) is 0 Å². The van der Waals surface area contributed by atoms with Crippen LogP contribution in [-0.4, -0.2) is 63.2 Å². The lowest BCUT2D eigenvalue weighted by Gasteiger charge is -2.38. The van der Waals surface area contributed by atoms with Gasteiger partial charge in [-0.3, -0.25) is 15.0 Å². The third-order valence-electron chi connectivity index (χ3n) is 4.14. The topological polar surface area (TPSA) is 73.9 Å². The molecule has 1 saturated heterocycles. The van der Waals surface area contributed by atoms with E-state index in [2.05, 4.69) is 20.4 Å². The number of piperazine rings is 1. The third kappa shape index (κ3) is 4.35. The molecule has 0 spiro atoms. The van der Waals surface area contributed by atoms with Crippen LogP contribution < -0.4 is 20.3 Å². The van der Waals surface area contributed by atoms with Crippen molar-refractivity contribution < 1.29 is 14.3 Å². The smallest absolute Gasteiger partial charge is 0.321 e.